The van der Waals surface area contributed by atoms with Gasteiger partial charge in [-0.1, -0.05) is 63.1 Å². The van der Waals surface area contributed by atoms with Crippen molar-refractivity contribution in [3.63, 3.8) is 0 Å². The Morgan fingerprint density at radius 3 is 2.45 bits per heavy atom. The third-order valence-corrected chi connectivity index (χ3v) is 8.39. The van der Waals surface area contributed by atoms with Gasteiger partial charge in [-0.2, -0.15) is 0 Å². The summed E-state index contributed by atoms with van der Waals surface area (Å²) in [4.78, 5) is 61.6. The fourth-order valence-electron chi connectivity index (χ4n) is 6.22. The maximum atomic E-state index is 13.7. The molecule has 1 aromatic carbocycles. The van der Waals surface area contributed by atoms with Gasteiger partial charge >= 0.3 is 0 Å². The van der Waals surface area contributed by atoms with Crippen molar-refractivity contribution in [1.29, 1.82) is 0 Å². The van der Waals surface area contributed by atoms with Crippen LogP contribution in [-0.4, -0.2) is 75.2 Å². The van der Waals surface area contributed by atoms with Crippen molar-refractivity contribution >= 4 is 46.1 Å². The maximum absolute atomic E-state index is 13.7. The molecule has 1 aliphatic heterocycles. The molecule has 1 aromatic heterocycles. The lowest BCUT2D eigenvalue weighted by Crippen LogP contribution is -2.56. The zero-order chi connectivity index (χ0) is 32.4. The number of carbonyl (C=O) groups is 4. The molecule has 44 heavy (non-hydrogen) atoms. The molecule has 2 N–H and O–H groups in total. The second-order valence-corrected chi connectivity index (χ2v) is 13.5. The Morgan fingerprint density at radius 1 is 1.07 bits per heavy atom. The molecule has 1 fully saturated rings. The lowest BCUT2D eigenvalue weighted by atomic mass is 10.0. The number of hydrogen-bond donors (Lipinski definition) is 2. The van der Waals surface area contributed by atoms with Crippen LogP contribution in [0.15, 0.2) is 30.5 Å². The van der Waals surface area contributed by atoms with E-state index in [2.05, 4.69) is 22.5 Å². The van der Waals surface area contributed by atoms with Gasteiger partial charge in [-0.25, -0.2) is 0 Å². The normalized spacial score (nSPS) is 15.8. The zero-order valence-corrected chi connectivity index (χ0v) is 28.0. The van der Waals surface area contributed by atoms with Gasteiger partial charge < -0.3 is 20.4 Å². The minimum absolute atomic E-state index is 0.0292. The van der Waals surface area contributed by atoms with E-state index in [1.807, 2.05) is 34.6 Å². The summed E-state index contributed by atoms with van der Waals surface area (Å²) < 4.78 is 0. The van der Waals surface area contributed by atoms with Gasteiger partial charge in [-0.05, 0) is 72.1 Å². The van der Waals surface area contributed by atoms with E-state index in [-0.39, 0.29) is 36.2 Å². The molecule has 10 heteroatoms. The number of likely N-dealkylation sites (tertiary alicyclic amines) is 1. The number of aromatic nitrogens is 1. The summed E-state index contributed by atoms with van der Waals surface area (Å²) in [7, 11) is 0. The molecule has 242 valence electrons. The van der Waals surface area contributed by atoms with E-state index in [1.54, 1.807) is 40.3 Å². The lowest BCUT2D eigenvalue weighted by molar-refractivity contribution is -0.139. The van der Waals surface area contributed by atoms with Crippen molar-refractivity contribution in [3.8, 4) is 0 Å². The number of fused-ring (bicyclic) bond motifs is 1. The molecule has 0 saturated carbocycles. The molecule has 0 bridgehead atoms. The highest BCUT2D eigenvalue weighted by Gasteiger charge is 2.37. The third kappa shape index (κ3) is 9.40. The fourth-order valence-corrected chi connectivity index (χ4v) is 6.38. The highest BCUT2D eigenvalue weighted by atomic mass is 35.5. The van der Waals surface area contributed by atoms with Gasteiger partial charge in [-0.15, -0.1) is 0 Å². The summed E-state index contributed by atoms with van der Waals surface area (Å²) in [5, 5.41) is 6.93. The largest absolute Gasteiger partial charge is 0.345 e. The Labute approximate surface area is 267 Å². The second-order valence-electron chi connectivity index (χ2n) is 13.0. The van der Waals surface area contributed by atoms with Crippen LogP contribution in [-0.2, 0) is 14.4 Å². The molecule has 2 aromatic rings. The van der Waals surface area contributed by atoms with E-state index >= 15 is 0 Å². The van der Waals surface area contributed by atoms with Crippen molar-refractivity contribution in [2.24, 2.45) is 0 Å². The van der Waals surface area contributed by atoms with Crippen LogP contribution >= 0.6 is 11.6 Å². The van der Waals surface area contributed by atoms with Gasteiger partial charge in [0.2, 0.25) is 17.7 Å². The zero-order valence-electron chi connectivity index (χ0n) is 27.2. The summed E-state index contributed by atoms with van der Waals surface area (Å²) in [6.45, 7) is 12.3. The van der Waals surface area contributed by atoms with Gasteiger partial charge in [0.25, 0.3) is 5.91 Å². The minimum Gasteiger partial charge on any atom is -0.345 e. The Bertz CT molecular complexity index is 1310. The van der Waals surface area contributed by atoms with Gasteiger partial charge in [0, 0.05) is 34.7 Å². The van der Waals surface area contributed by atoms with Crippen LogP contribution in [0.25, 0.3) is 10.9 Å². The first-order chi connectivity index (χ1) is 20.8. The highest BCUT2D eigenvalue weighted by Crippen LogP contribution is 2.26. The van der Waals surface area contributed by atoms with E-state index in [4.69, 9.17) is 11.6 Å². The van der Waals surface area contributed by atoms with Crippen molar-refractivity contribution in [3.05, 3.63) is 41.0 Å². The first kappa shape index (κ1) is 35.3. The molecule has 0 radical (unpaired) electrons. The van der Waals surface area contributed by atoms with Crippen molar-refractivity contribution < 1.29 is 19.2 Å². The van der Waals surface area contributed by atoms with Gasteiger partial charge in [-0.3, -0.25) is 24.2 Å². The molecule has 0 aliphatic carbocycles. The smallest absolute Gasteiger partial charge is 0.255 e. The molecule has 2 atom stereocenters. The Kier molecular flexibility index (Phi) is 13.0. The molecule has 9 nitrogen and oxygen atoms in total. The second kappa shape index (κ2) is 16.2. The molecule has 4 amide bonds. The number of unbranched alkanes of at least 4 members (excludes halogenated alkanes) is 5. The number of rotatable bonds is 14. The van der Waals surface area contributed by atoms with Crippen LogP contribution in [0.4, 0.5) is 0 Å². The lowest BCUT2D eigenvalue weighted by Gasteiger charge is -2.39. The van der Waals surface area contributed by atoms with Gasteiger partial charge in [0.15, 0.2) is 0 Å². The Balaban J connectivity index is 1.72. The number of amides is 4. The predicted octanol–water partition coefficient (Wildman–Crippen LogP) is 5.88. The van der Waals surface area contributed by atoms with E-state index in [0.717, 1.165) is 32.1 Å². The quantitative estimate of drug-likeness (QED) is 0.254. The molecule has 1 saturated heterocycles. The van der Waals surface area contributed by atoms with Crippen LogP contribution in [0.5, 0.6) is 0 Å². The predicted molar refractivity (Wildman–Crippen MR) is 175 cm³/mol. The number of halogens is 1. The summed E-state index contributed by atoms with van der Waals surface area (Å²) in [6, 6.07) is 5.33. The molecular weight excluding hydrogens is 578 g/mol. The topological polar surface area (TPSA) is 112 Å². The monoisotopic (exact) mass is 627 g/mol. The minimum atomic E-state index is -0.801. The standard InChI is InChI=1S/C34H50ClN5O4/c1-7-8-9-10-11-12-14-27(31(42)37-22-30(41)40(23(2)3)34(4,5)6)38-32(43)29-15-13-20-39(29)33(44)26-18-19-36-28-21-24(35)16-17-25(26)28/h16-19,21,23,27,29H,7-15,20,22H2,1-6H3,(H,37,42)(H,38,43). The molecule has 0 spiro atoms. The first-order valence-electron chi connectivity index (χ1n) is 16.1. The Hall–Kier alpha value is -3.20. The average molecular weight is 628 g/mol. The molecule has 3 rings (SSSR count). The van der Waals surface area contributed by atoms with E-state index in [0.29, 0.717) is 47.3 Å². The number of nitrogens with zero attached hydrogens (tertiary/aromatic N) is 3. The number of pyridine rings is 1. The van der Waals surface area contributed by atoms with Crippen LogP contribution in [0.2, 0.25) is 5.02 Å². The average Bonchev–Trinajstić information content (AvgIpc) is 3.45. The van der Waals surface area contributed by atoms with E-state index in [1.165, 1.54) is 6.42 Å². The van der Waals surface area contributed by atoms with E-state index < -0.39 is 17.6 Å². The number of hydrogen-bond acceptors (Lipinski definition) is 5. The van der Waals surface area contributed by atoms with Gasteiger partial charge in [0.05, 0.1) is 17.6 Å². The number of nitrogens with one attached hydrogen (secondary N) is 2. The summed E-state index contributed by atoms with van der Waals surface area (Å²) in [5.74, 6) is -1.17. The maximum Gasteiger partial charge on any atom is 0.255 e. The first-order valence-corrected chi connectivity index (χ1v) is 16.5. The molecule has 1 aliphatic rings. The summed E-state index contributed by atoms with van der Waals surface area (Å²) in [5.41, 5.74) is 0.670. The van der Waals surface area contributed by atoms with Crippen LogP contribution < -0.4 is 10.6 Å². The molecular formula is C34H50ClN5O4. The molecule has 2 heterocycles. The number of carbonyl (C=O) groups excluding carboxylic acids is 4. The number of benzene rings is 1. The van der Waals surface area contributed by atoms with Crippen molar-refractivity contribution in [2.45, 2.75) is 123 Å². The van der Waals surface area contributed by atoms with E-state index in [9.17, 15) is 19.2 Å². The van der Waals surface area contributed by atoms with Crippen LogP contribution in [0.1, 0.15) is 110 Å². The van der Waals surface area contributed by atoms with Crippen molar-refractivity contribution in [2.75, 3.05) is 13.1 Å². The van der Waals surface area contributed by atoms with Crippen molar-refractivity contribution in [1.82, 2.24) is 25.4 Å². The van der Waals surface area contributed by atoms with Gasteiger partial charge in [0.1, 0.15) is 12.1 Å². The highest BCUT2D eigenvalue weighted by molar-refractivity contribution is 6.31. The van der Waals surface area contributed by atoms with Crippen LogP contribution in [0, 0.1) is 0 Å². The van der Waals surface area contributed by atoms with Crippen LogP contribution in [0.3, 0.4) is 0 Å². The Morgan fingerprint density at radius 2 is 1.77 bits per heavy atom. The summed E-state index contributed by atoms with van der Waals surface area (Å²) in [6.07, 6.45) is 9.47. The fraction of sp³-hybridized carbons (Fsp3) is 0.618. The third-order valence-electron chi connectivity index (χ3n) is 8.15. The SMILES string of the molecule is CCCCCCCCC(NC(=O)C1CCCN1C(=O)c1ccnc2cc(Cl)ccc12)C(=O)NCC(=O)N(C(C)C)C(C)(C)C. The molecule has 2 unspecified atom stereocenters. The summed E-state index contributed by atoms with van der Waals surface area (Å²) >= 11 is 6.13.